The Morgan fingerprint density at radius 2 is 1.57 bits per heavy atom. The van der Waals surface area contributed by atoms with Crippen molar-refractivity contribution in [2.45, 2.75) is 25.9 Å². The van der Waals surface area contributed by atoms with Crippen LogP contribution in [0.15, 0.2) is 79.0 Å². The fourth-order valence-corrected chi connectivity index (χ4v) is 4.93. The predicted octanol–water partition coefficient (Wildman–Crippen LogP) is 6.01. The molecule has 1 aliphatic heterocycles. The van der Waals surface area contributed by atoms with E-state index < -0.39 is 0 Å². The van der Waals surface area contributed by atoms with Gasteiger partial charge in [0.2, 0.25) is 0 Å². The maximum absolute atomic E-state index is 6.03. The van der Waals surface area contributed by atoms with Crippen LogP contribution in [0.1, 0.15) is 34.7 Å². The van der Waals surface area contributed by atoms with Gasteiger partial charge in [0.25, 0.3) is 0 Å². The van der Waals surface area contributed by atoms with Gasteiger partial charge in [0.1, 0.15) is 17.2 Å². The third kappa shape index (κ3) is 4.35. The van der Waals surface area contributed by atoms with Crippen molar-refractivity contribution in [1.82, 2.24) is 14.9 Å². The van der Waals surface area contributed by atoms with Gasteiger partial charge >= 0.3 is 0 Å². The largest absolute Gasteiger partial charge is 0.497 e. The summed E-state index contributed by atoms with van der Waals surface area (Å²) in [4.78, 5) is 6.83. The lowest BCUT2D eigenvalue weighted by Gasteiger charge is -2.28. The van der Waals surface area contributed by atoms with Crippen LogP contribution in [0.25, 0.3) is 0 Å². The highest BCUT2D eigenvalue weighted by Crippen LogP contribution is 2.43. The molecule has 1 fully saturated rings. The van der Waals surface area contributed by atoms with Gasteiger partial charge in [-0.2, -0.15) is 0 Å². The Balaban J connectivity index is 1.49. The third-order valence-electron chi connectivity index (χ3n) is 6.64. The summed E-state index contributed by atoms with van der Waals surface area (Å²) in [5, 5.41) is 4.21. The van der Waals surface area contributed by atoms with E-state index in [1.54, 1.807) is 7.11 Å². The smallest absolute Gasteiger partial charge is 0.174 e. The van der Waals surface area contributed by atoms with Gasteiger partial charge in [-0.05, 0) is 98.4 Å². The molecule has 0 radical (unpaired) electrons. The van der Waals surface area contributed by atoms with E-state index in [2.05, 4.69) is 46.7 Å². The molecule has 0 bridgehead atoms. The number of rotatable bonds is 6. The van der Waals surface area contributed by atoms with Crippen molar-refractivity contribution < 1.29 is 9.47 Å². The Kier molecular flexibility index (Phi) is 6.17. The molecule has 5 rings (SSSR count). The molecule has 1 N–H and O–H groups in total. The van der Waals surface area contributed by atoms with Crippen LogP contribution < -0.4 is 19.7 Å². The molecule has 1 aliphatic rings. The van der Waals surface area contributed by atoms with E-state index in [0.717, 1.165) is 28.6 Å². The molecule has 2 aromatic heterocycles. The number of anilines is 1. The molecule has 2 unspecified atom stereocenters. The van der Waals surface area contributed by atoms with Crippen molar-refractivity contribution in [3.63, 3.8) is 0 Å². The normalized spacial score (nSPS) is 17.4. The molecule has 2 atom stereocenters. The summed E-state index contributed by atoms with van der Waals surface area (Å²) in [6.07, 6.45) is 1.83. The summed E-state index contributed by atoms with van der Waals surface area (Å²) in [5.41, 5.74) is 5.60. The van der Waals surface area contributed by atoms with Crippen LogP contribution in [0.2, 0.25) is 0 Å². The predicted molar refractivity (Wildman–Crippen MR) is 142 cm³/mol. The van der Waals surface area contributed by atoms with Gasteiger partial charge in [0, 0.05) is 30.3 Å². The van der Waals surface area contributed by atoms with Gasteiger partial charge < -0.3 is 24.3 Å². The van der Waals surface area contributed by atoms with Crippen LogP contribution in [0, 0.1) is 13.8 Å². The lowest BCUT2D eigenvalue weighted by Crippen LogP contribution is -2.29. The van der Waals surface area contributed by atoms with E-state index >= 15 is 0 Å². The Labute approximate surface area is 211 Å². The van der Waals surface area contributed by atoms with Gasteiger partial charge in [0.05, 0.1) is 24.9 Å². The second kappa shape index (κ2) is 9.43. The number of thiocarbonyl (C=S) groups is 1. The van der Waals surface area contributed by atoms with Crippen LogP contribution in [0.5, 0.6) is 17.2 Å². The molecular formula is C28H28N4O2S. The van der Waals surface area contributed by atoms with E-state index in [1.807, 2.05) is 72.9 Å². The molecule has 6 nitrogen and oxygen atoms in total. The number of nitrogens with one attached hydrogen (secondary N) is 1. The zero-order chi connectivity index (χ0) is 24.5. The number of pyridine rings is 1. The first kappa shape index (κ1) is 22.9. The summed E-state index contributed by atoms with van der Waals surface area (Å²) in [7, 11) is 3.75. The number of aryl methyl sites for hydroxylation is 1. The first-order valence-electron chi connectivity index (χ1n) is 11.5. The molecule has 0 spiro atoms. The SMILES string of the molecule is COc1ccc(Oc2ccc(N3C(=S)NC(c4ccccn4)C3c3cc(C)n(C)c3C)cc2)cc1. The zero-order valence-corrected chi connectivity index (χ0v) is 21.0. The second-order valence-electron chi connectivity index (χ2n) is 8.65. The quantitative estimate of drug-likeness (QED) is 0.338. The van der Waals surface area contributed by atoms with Gasteiger partial charge in [-0.3, -0.25) is 4.98 Å². The maximum atomic E-state index is 6.03. The van der Waals surface area contributed by atoms with E-state index in [9.17, 15) is 0 Å². The molecule has 1 saturated heterocycles. The second-order valence-corrected chi connectivity index (χ2v) is 9.04. The van der Waals surface area contributed by atoms with Crippen LogP contribution in [-0.2, 0) is 7.05 Å². The monoisotopic (exact) mass is 484 g/mol. The highest BCUT2D eigenvalue weighted by Gasteiger charge is 2.42. The zero-order valence-electron chi connectivity index (χ0n) is 20.2. The maximum Gasteiger partial charge on any atom is 0.174 e. The van der Waals surface area contributed by atoms with Gasteiger partial charge in [-0.25, -0.2) is 0 Å². The lowest BCUT2D eigenvalue weighted by atomic mass is 9.96. The Hall–Kier alpha value is -3.84. The minimum Gasteiger partial charge on any atom is -0.497 e. The number of methoxy groups -OCH3 is 1. The molecule has 0 aliphatic carbocycles. The van der Waals surface area contributed by atoms with Crippen LogP contribution in [0.4, 0.5) is 5.69 Å². The van der Waals surface area contributed by atoms with Crippen LogP contribution in [-0.4, -0.2) is 21.8 Å². The Morgan fingerprint density at radius 1 is 0.914 bits per heavy atom. The summed E-state index contributed by atoms with van der Waals surface area (Å²) in [5.74, 6) is 2.30. The first-order valence-corrected chi connectivity index (χ1v) is 11.9. The van der Waals surface area contributed by atoms with E-state index in [1.165, 1.54) is 17.0 Å². The van der Waals surface area contributed by atoms with Crippen LogP contribution in [0.3, 0.4) is 0 Å². The number of ether oxygens (including phenoxy) is 2. The molecule has 0 amide bonds. The highest BCUT2D eigenvalue weighted by atomic mass is 32.1. The van der Waals surface area contributed by atoms with Gasteiger partial charge in [-0.15, -0.1) is 0 Å². The molecule has 35 heavy (non-hydrogen) atoms. The number of nitrogens with zero attached hydrogens (tertiary/aromatic N) is 3. The molecule has 4 aromatic rings. The summed E-state index contributed by atoms with van der Waals surface area (Å²) in [6, 6.07) is 23.7. The molecule has 2 aromatic carbocycles. The van der Waals surface area contributed by atoms with E-state index in [0.29, 0.717) is 5.11 Å². The Bertz CT molecular complexity index is 1330. The highest BCUT2D eigenvalue weighted by molar-refractivity contribution is 7.80. The third-order valence-corrected chi connectivity index (χ3v) is 6.96. The molecular weight excluding hydrogens is 456 g/mol. The molecule has 3 heterocycles. The van der Waals surface area contributed by atoms with Crippen molar-refractivity contribution in [3.05, 3.63) is 102 Å². The standard InChI is InChI=1S/C28H28N4O2S/c1-18-17-24(19(2)31(18)3)27-26(25-7-5-6-16-29-25)30-28(35)32(27)20-8-10-22(11-9-20)34-23-14-12-21(33-4)13-15-23/h5-17,26-27H,1-4H3,(H,30,35). The minimum atomic E-state index is -0.0700. The minimum absolute atomic E-state index is 0.0364. The fourth-order valence-electron chi connectivity index (χ4n) is 4.59. The topological polar surface area (TPSA) is 51.6 Å². The summed E-state index contributed by atoms with van der Waals surface area (Å²) >= 11 is 5.86. The Morgan fingerprint density at radius 3 is 2.14 bits per heavy atom. The average molecular weight is 485 g/mol. The first-order chi connectivity index (χ1) is 17.0. The van der Waals surface area contributed by atoms with E-state index in [4.69, 9.17) is 21.7 Å². The summed E-state index contributed by atoms with van der Waals surface area (Å²) < 4.78 is 13.5. The van der Waals surface area contributed by atoms with E-state index in [-0.39, 0.29) is 12.1 Å². The number of hydrogen-bond acceptors (Lipinski definition) is 4. The van der Waals surface area contributed by atoms with Gasteiger partial charge in [0.15, 0.2) is 5.11 Å². The number of benzene rings is 2. The van der Waals surface area contributed by atoms with Crippen molar-refractivity contribution >= 4 is 23.0 Å². The van der Waals surface area contributed by atoms with Crippen molar-refractivity contribution in [3.8, 4) is 17.2 Å². The number of aromatic nitrogens is 2. The van der Waals surface area contributed by atoms with Crippen LogP contribution >= 0.6 is 12.2 Å². The summed E-state index contributed by atoms with van der Waals surface area (Å²) in [6.45, 7) is 4.28. The molecule has 0 saturated carbocycles. The number of hydrogen-bond donors (Lipinski definition) is 1. The lowest BCUT2D eigenvalue weighted by molar-refractivity contribution is 0.413. The van der Waals surface area contributed by atoms with Crippen molar-refractivity contribution in [1.29, 1.82) is 0 Å². The van der Waals surface area contributed by atoms with Crippen molar-refractivity contribution in [2.24, 2.45) is 7.05 Å². The molecule has 7 heteroatoms. The van der Waals surface area contributed by atoms with Gasteiger partial charge in [-0.1, -0.05) is 6.07 Å². The molecule has 178 valence electrons. The average Bonchev–Trinajstić information content (AvgIpc) is 3.36. The fraction of sp³-hybridized carbons (Fsp3) is 0.214. The van der Waals surface area contributed by atoms with Crippen molar-refractivity contribution in [2.75, 3.05) is 12.0 Å².